The fraction of sp³-hybridized carbons (Fsp3) is 0.182. The minimum Gasteiger partial charge on any atom is -0.467 e. The fourth-order valence-electron chi connectivity index (χ4n) is 5.27. The highest BCUT2D eigenvalue weighted by molar-refractivity contribution is 6.22. The molecule has 2 aliphatic rings. The molecule has 0 radical (unpaired) electrons. The number of benzene rings is 3. The molecule has 0 saturated heterocycles. The van der Waals surface area contributed by atoms with Crippen LogP contribution in [-0.4, -0.2) is 52.0 Å². The first-order valence-corrected chi connectivity index (χ1v) is 13.6. The third-order valence-corrected chi connectivity index (χ3v) is 7.44. The number of carbonyl (C=O) groups is 4. The van der Waals surface area contributed by atoms with Crippen LogP contribution in [0.15, 0.2) is 107 Å². The van der Waals surface area contributed by atoms with E-state index in [0.717, 1.165) is 21.6 Å². The molecule has 0 saturated carbocycles. The van der Waals surface area contributed by atoms with E-state index in [-0.39, 0.29) is 17.5 Å². The minimum absolute atomic E-state index is 0.0355. The number of rotatable bonds is 8. The van der Waals surface area contributed by atoms with Crippen molar-refractivity contribution in [1.29, 1.82) is 0 Å². The van der Waals surface area contributed by atoms with Crippen molar-refractivity contribution in [2.45, 2.75) is 31.8 Å². The second-order valence-electron chi connectivity index (χ2n) is 10.2. The molecule has 42 heavy (non-hydrogen) atoms. The SMILES string of the molecule is Cc1ccc(C2=NN(C(=O)COC(=O)[C@H](Cc3ccccc3)N3C(=O)c4ccccc4C3=O)[C@H](c3ccco3)C2)cc1. The van der Waals surface area contributed by atoms with Gasteiger partial charge in [-0.05, 0) is 42.3 Å². The lowest BCUT2D eigenvalue weighted by Gasteiger charge is -2.25. The van der Waals surface area contributed by atoms with Crippen molar-refractivity contribution in [3.63, 3.8) is 0 Å². The van der Waals surface area contributed by atoms with Crippen molar-refractivity contribution in [1.82, 2.24) is 9.91 Å². The Morgan fingerprint density at radius 3 is 2.21 bits per heavy atom. The van der Waals surface area contributed by atoms with Crippen LogP contribution in [0.4, 0.5) is 0 Å². The zero-order valence-corrected chi connectivity index (χ0v) is 22.8. The smallest absolute Gasteiger partial charge is 0.330 e. The monoisotopic (exact) mass is 561 g/mol. The number of ether oxygens (including phenoxy) is 1. The molecule has 9 heteroatoms. The predicted molar refractivity (Wildman–Crippen MR) is 152 cm³/mol. The first-order chi connectivity index (χ1) is 20.4. The molecule has 3 heterocycles. The van der Waals surface area contributed by atoms with Crippen LogP contribution in [0, 0.1) is 6.92 Å². The van der Waals surface area contributed by atoms with Gasteiger partial charge in [0.25, 0.3) is 17.7 Å². The molecule has 0 aliphatic carbocycles. The Hall–Kier alpha value is -5.31. The molecular weight excluding hydrogens is 534 g/mol. The van der Waals surface area contributed by atoms with Crippen molar-refractivity contribution in [3.05, 3.63) is 131 Å². The van der Waals surface area contributed by atoms with Crippen LogP contribution < -0.4 is 0 Å². The van der Waals surface area contributed by atoms with Gasteiger partial charge in [-0.1, -0.05) is 72.3 Å². The molecule has 0 N–H and O–H groups in total. The fourth-order valence-corrected chi connectivity index (χ4v) is 5.27. The number of furan rings is 1. The molecule has 6 rings (SSSR count). The van der Waals surface area contributed by atoms with Crippen LogP contribution in [0.1, 0.15) is 55.6 Å². The van der Waals surface area contributed by atoms with Gasteiger partial charge in [0.1, 0.15) is 17.8 Å². The predicted octanol–water partition coefficient (Wildman–Crippen LogP) is 4.72. The summed E-state index contributed by atoms with van der Waals surface area (Å²) in [5, 5.41) is 5.85. The molecule has 3 amide bonds. The standard InChI is InChI=1S/C33H27N3O6/c1-21-13-15-23(16-14-21)26-19-27(29-12-7-17-41-29)36(34-26)30(37)20-42-33(40)28(18-22-8-3-2-4-9-22)35-31(38)24-10-5-6-11-25(24)32(35)39/h2-17,27-28H,18-20H2,1H3/t27-,28-/m0/s1. The minimum atomic E-state index is -1.27. The summed E-state index contributed by atoms with van der Waals surface area (Å²) in [5.41, 5.74) is 3.85. The lowest BCUT2D eigenvalue weighted by Crippen LogP contribution is -2.47. The average molecular weight is 562 g/mol. The van der Waals surface area contributed by atoms with Gasteiger partial charge in [0, 0.05) is 12.8 Å². The summed E-state index contributed by atoms with van der Waals surface area (Å²) in [6.45, 7) is 1.36. The Balaban J connectivity index is 1.23. The largest absolute Gasteiger partial charge is 0.467 e. The lowest BCUT2D eigenvalue weighted by molar-refractivity contribution is -0.156. The van der Waals surface area contributed by atoms with Gasteiger partial charge in [-0.2, -0.15) is 5.10 Å². The topological polar surface area (TPSA) is 109 Å². The molecule has 0 spiro atoms. The maximum Gasteiger partial charge on any atom is 0.330 e. The summed E-state index contributed by atoms with van der Waals surface area (Å²) in [6.07, 6.45) is 1.98. The Kier molecular flexibility index (Phi) is 7.23. The van der Waals surface area contributed by atoms with E-state index in [1.54, 1.807) is 60.7 Å². The highest BCUT2D eigenvalue weighted by atomic mass is 16.5. The van der Waals surface area contributed by atoms with Crippen LogP contribution in [0.3, 0.4) is 0 Å². The number of hydrazone groups is 1. The average Bonchev–Trinajstić information content (AvgIpc) is 3.75. The van der Waals surface area contributed by atoms with Crippen LogP contribution in [0.5, 0.6) is 0 Å². The van der Waals surface area contributed by atoms with Crippen LogP contribution in [0.2, 0.25) is 0 Å². The third-order valence-electron chi connectivity index (χ3n) is 7.44. The molecule has 3 aromatic carbocycles. The highest BCUT2D eigenvalue weighted by Gasteiger charge is 2.44. The number of carbonyl (C=O) groups excluding carboxylic acids is 4. The van der Waals surface area contributed by atoms with Crippen LogP contribution in [-0.2, 0) is 20.7 Å². The Morgan fingerprint density at radius 1 is 0.905 bits per heavy atom. The van der Waals surface area contributed by atoms with Crippen LogP contribution in [0.25, 0.3) is 0 Å². The second kappa shape index (κ2) is 11.3. The zero-order chi connectivity index (χ0) is 29.2. The quantitative estimate of drug-likeness (QED) is 0.228. The third kappa shape index (κ3) is 5.12. The number of amides is 3. The molecule has 4 aromatic rings. The van der Waals surface area contributed by atoms with E-state index >= 15 is 0 Å². The zero-order valence-electron chi connectivity index (χ0n) is 22.8. The summed E-state index contributed by atoms with van der Waals surface area (Å²) in [6, 6.07) is 25.0. The normalized spacial score (nSPS) is 16.8. The number of hydrogen-bond acceptors (Lipinski definition) is 7. The molecule has 0 unspecified atom stereocenters. The van der Waals surface area contributed by atoms with Crippen molar-refractivity contribution in [3.8, 4) is 0 Å². The van der Waals surface area contributed by atoms with Gasteiger partial charge in [0.2, 0.25) is 0 Å². The number of imide groups is 1. The van der Waals surface area contributed by atoms with Crippen molar-refractivity contribution < 1.29 is 28.3 Å². The Labute approximate surface area is 242 Å². The van der Waals surface area contributed by atoms with Gasteiger partial charge in [0.15, 0.2) is 6.61 Å². The molecule has 0 fully saturated rings. The summed E-state index contributed by atoms with van der Waals surface area (Å²) in [4.78, 5) is 54.4. The van der Waals surface area contributed by atoms with Gasteiger partial charge in [0.05, 0.1) is 23.1 Å². The van der Waals surface area contributed by atoms with Crippen molar-refractivity contribution in [2.24, 2.45) is 5.10 Å². The van der Waals surface area contributed by atoms with Gasteiger partial charge in [-0.15, -0.1) is 0 Å². The summed E-state index contributed by atoms with van der Waals surface area (Å²) < 4.78 is 11.1. The van der Waals surface area contributed by atoms with Gasteiger partial charge in [-0.3, -0.25) is 19.3 Å². The molecular formula is C33H27N3O6. The summed E-state index contributed by atoms with van der Waals surface area (Å²) in [7, 11) is 0. The maximum absolute atomic E-state index is 13.5. The number of esters is 1. The highest BCUT2D eigenvalue weighted by Crippen LogP contribution is 2.33. The van der Waals surface area contributed by atoms with Gasteiger partial charge >= 0.3 is 5.97 Å². The molecule has 210 valence electrons. The Morgan fingerprint density at radius 2 is 1.57 bits per heavy atom. The van der Waals surface area contributed by atoms with E-state index in [2.05, 4.69) is 5.10 Å². The van der Waals surface area contributed by atoms with E-state index in [1.807, 2.05) is 37.3 Å². The van der Waals surface area contributed by atoms with Crippen molar-refractivity contribution >= 4 is 29.4 Å². The first kappa shape index (κ1) is 26.9. The molecule has 0 bridgehead atoms. The molecule has 2 aliphatic heterocycles. The van der Waals surface area contributed by atoms with E-state index < -0.39 is 42.4 Å². The number of hydrogen-bond donors (Lipinski definition) is 0. The number of aryl methyl sites for hydroxylation is 1. The van der Waals surface area contributed by atoms with E-state index in [4.69, 9.17) is 9.15 Å². The number of nitrogens with zero attached hydrogens (tertiary/aromatic N) is 3. The van der Waals surface area contributed by atoms with Crippen molar-refractivity contribution in [2.75, 3.05) is 6.61 Å². The van der Waals surface area contributed by atoms with Crippen LogP contribution >= 0.6 is 0 Å². The molecule has 2 atom stereocenters. The van der Waals surface area contributed by atoms with Gasteiger partial charge in [-0.25, -0.2) is 9.80 Å². The summed E-state index contributed by atoms with van der Waals surface area (Å²) >= 11 is 0. The summed E-state index contributed by atoms with van der Waals surface area (Å²) in [5.74, 6) is -2.03. The maximum atomic E-state index is 13.5. The molecule has 9 nitrogen and oxygen atoms in total. The molecule has 1 aromatic heterocycles. The second-order valence-corrected chi connectivity index (χ2v) is 10.2. The van der Waals surface area contributed by atoms with E-state index in [9.17, 15) is 19.2 Å². The first-order valence-electron chi connectivity index (χ1n) is 13.6. The van der Waals surface area contributed by atoms with Gasteiger partial charge < -0.3 is 9.15 Å². The number of fused-ring (bicyclic) bond motifs is 1. The van der Waals surface area contributed by atoms with E-state index in [0.29, 0.717) is 17.9 Å². The lowest BCUT2D eigenvalue weighted by atomic mass is 10.0. The van der Waals surface area contributed by atoms with E-state index in [1.165, 1.54) is 11.3 Å². The Bertz CT molecular complexity index is 1640.